The monoisotopic (exact) mass is 348 g/mol. The highest BCUT2D eigenvalue weighted by Crippen LogP contribution is 2.63. The van der Waals surface area contributed by atoms with Crippen molar-refractivity contribution in [2.24, 2.45) is 11.3 Å². The van der Waals surface area contributed by atoms with Crippen LogP contribution in [0.3, 0.4) is 0 Å². The first-order chi connectivity index (χ1) is 11.2. The Balaban J connectivity index is 1.75. The number of rotatable bonds is 2. The molecule has 2 aliphatic carbocycles. The molecule has 5 atom stereocenters. The molecule has 1 spiro atoms. The minimum atomic E-state index is -1.84. The topological polar surface area (TPSA) is 35.5 Å². The van der Waals surface area contributed by atoms with E-state index >= 15 is 0 Å². The summed E-state index contributed by atoms with van der Waals surface area (Å²) in [4.78, 5) is 12.6. The van der Waals surface area contributed by atoms with Gasteiger partial charge in [0.2, 0.25) is 0 Å². The number of ketones is 1. The fraction of sp³-hybridized carbons (Fsp3) is 0.850. The molecule has 2 saturated carbocycles. The van der Waals surface area contributed by atoms with Crippen molar-refractivity contribution in [2.45, 2.75) is 95.7 Å². The molecular weight excluding hydrogens is 316 g/mol. The number of fused-ring (bicyclic) bond motifs is 2. The van der Waals surface area contributed by atoms with Gasteiger partial charge in [-0.2, -0.15) is 0 Å². The van der Waals surface area contributed by atoms with E-state index in [0.717, 1.165) is 25.7 Å². The molecule has 3 fully saturated rings. The minimum Gasteiger partial charge on any atom is -0.413 e. The lowest BCUT2D eigenvalue weighted by Gasteiger charge is -2.46. The second-order valence-electron chi connectivity index (χ2n) is 9.93. The summed E-state index contributed by atoms with van der Waals surface area (Å²) in [6, 6.07) is 0. The van der Waals surface area contributed by atoms with Crippen molar-refractivity contribution in [2.75, 3.05) is 0 Å². The second-order valence-corrected chi connectivity index (χ2v) is 14.7. The Kier molecular flexibility index (Phi) is 3.73. The standard InChI is InChI=1S/C20H32O3Si/c1-19(2,3)24(4,5)23-16-10-6-8-13-12-15(21)17-14-9-7-11-20(14,16)18(13)22-17/h12,14,16-18H,6-11H2,1-5H3/t14-,16?,17+,18+,20+/m0/s1. The Morgan fingerprint density at radius 2 is 2.00 bits per heavy atom. The maximum Gasteiger partial charge on any atom is 0.192 e. The van der Waals surface area contributed by atoms with Crippen molar-refractivity contribution in [1.29, 1.82) is 0 Å². The zero-order valence-electron chi connectivity index (χ0n) is 15.9. The largest absolute Gasteiger partial charge is 0.413 e. The number of carbonyl (C=O) groups is 1. The van der Waals surface area contributed by atoms with E-state index in [0.29, 0.717) is 5.92 Å². The van der Waals surface area contributed by atoms with E-state index in [2.05, 4.69) is 33.9 Å². The van der Waals surface area contributed by atoms with Gasteiger partial charge in [-0.25, -0.2) is 0 Å². The van der Waals surface area contributed by atoms with Gasteiger partial charge < -0.3 is 9.16 Å². The molecular formula is C20H32O3Si. The van der Waals surface area contributed by atoms with Crippen molar-refractivity contribution >= 4 is 14.1 Å². The van der Waals surface area contributed by atoms with E-state index in [4.69, 9.17) is 9.16 Å². The summed E-state index contributed by atoms with van der Waals surface area (Å²) < 4.78 is 13.4. The molecule has 1 unspecified atom stereocenters. The van der Waals surface area contributed by atoms with Gasteiger partial charge in [0.25, 0.3) is 0 Å². The summed E-state index contributed by atoms with van der Waals surface area (Å²) >= 11 is 0. The summed E-state index contributed by atoms with van der Waals surface area (Å²) in [6.45, 7) is 11.7. The van der Waals surface area contributed by atoms with Crippen LogP contribution >= 0.6 is 0 Å². The van der Waals surface area contributed by atoms with Crippen LogP contribution < -0.4 is 0 Å². The van der Waals surface area contributed by atoms with Gasteiger partial charge in [0.05, 0.1) is 12.2 Å². The van der Waals surface area contributed by atoms with Crippen LogP contribution in [0.4, 0.5) is 0 Å². The Hall–Kier alpha value is -0.453. The zero-order valence-corrected chi connectivity index (χ0v) is 16.9. The van der Waals surface area contributed by atoms with Crippen molar-refractivity contribution in [3.8, 4) is 0 Å². The van der Waals surface area contributed by atoms with Gasteiger partial charge >= 0.3 is 0 Å². The minimum absolute atomic E-state index is 0.0642. The third kappa shape index (κ3) is 2.18. The molecule has 134 valence electrons. The maximum atomic E-state index is 12.6. The summed E-state index contributed by atoms with van der Waals surface area (Å²) in [5.74, 6) is 0.597. The predicted octanol–water partition coefficient (Wildman–Crippen LogP) is 4.62. The number of hydrogen-bond acceptors (Lipinski definition) is 3. The average Bonchev–Trinajstić information content (AvgIpc) is 2.96. The van der Waals surface area contributed by atoms with Gasteiger partial charge in [0, 0.05) is 11.3 Å². The maximum absolute atomic E-state index is 12.6. The van der Waals surface area contributed by atoms with E-state index in [9.17, 15) is 4.79 Å². The fourth-order valence-electron chi connectivity index (χ4n) is 5.48. The van der Waals surface area contributed by atoms with Crippen LogP contribution in [0, 0.1) is 11.3 Å². The van der Waals surface area contributed by atoms with Gasteiger partial charge in [-0.15, -0.1) is 0 Å². The highest BCUT2D eigenvalue weighted by molar-refractivity contribution is 6.74. The van der Waals surface area contributed by atoms with Crippen LogP contribution in [0.2, 0.25) is 18.1 Å². The van der Waals surface area contributed by atoms with Gasteiger partial charge in [0.15, 0.2) is 14.1 Å². The van der Waals surface area contributed by atoms with E-state index < -0.39 is 8.32 Å². The first kappa shape index (κ1) is 17.0. The molecule has 0 radical (unpaired) electrons. The Labute approximate surface area is 147 Å². The molecule has 2 aliphatic heterocycles. The van der Waals surface area contributed by atoms with E-state index in [1.54, 1.807) is 0 Å². The molecule has 3 nitrogen and oxygen atoms in total. The van der Waals surface area contributed by atoms with Crippen LogP contribution in [-0.4, -0.2) is 32.4 Å². The normalized spacial score (nSPS) is 41.9. The lowest BCUT2D eigenvalue weighted by molar-refractivity contribution is -0.127. The van der Waals surface area contributed by atoms with E-state index in [1.807, 2.05) is 6.08 Å². The van der Waals surface area contributed by atoms with Crippen molar-refractivity contribution in [1.82, 2.24) is 0 Å². The van der Waals surface area contributed by atoms with Crippen molar-refractivity contribution < 1.29 is 14.0 Å². The average molecular weight is 349 g/mol. The van der Waals surface area contributed by atoms with Gasteiger partial charge in [0.1, 0.15) is 6.10 Å². The van der Waals surface area contributed by atoms with Gasteiger partial charge in [-0.1, -0.05) is 27.2 Å². The molecule has 4 rings (SSSR count). The summed E-state index contributed by atoms with van der Waals surface area (Å²) in [5.41, 5.74) is 1.33. The van der Waals surface area contributed by atoms with Crippen LogP contribution in [0.25, 0.3) is 0 Å². The smallest absolute Gasteiger partial charge is 0.192 e. The fourth-order valence-corrected chi connectivity index (χ4v) is 6.88. The number of carbonyl (C=O) groups excluding carboxylic acids is 1. The van der Waals surface area contributed by atoms with Crippen LogP contribution in [0.5, 0.6) is 0 Å². The molecule has 2 bridgehead atoms. The lowest BCUT2D eigenvalue weighted by Crippen LogP contribution is -2.52. The van der Waals surface area contributed by atoms with Crippen molar-refractivity contribution in [3.05, 3.63) is 11.6 Å². The molecule has 0 N–H and O–H groups in total. The zero-order chi connectivity index (χ0) is 17.3. The first-order valence-corrected chi connectivity index (χ1v) is 12.7. The third-order valence-electron chi connectivity index (χ3n) is 7.67. The summed E-state index contributed by atoms with van der Waals surface area (Å²) in [5, 5.41) is 0.215. The van der Waals surface area contributed by atoms with Crippen LogP contribution in [0.15, 0.2) is 11.6 Å². The molecule has 4 aliphatic rings. The molecule has 0 aromatic rings. The number of ether oxygens (including phenoxy) is 1. The third-order valence-corrected chi connectivity index (χ3v) is 12.2. The molecule has 0 aromatic heterocycles. The van der Waals surface area contributed by atoms with E-state index in [1.165, 1.54) is 18.4 Å². The van der Waals surface area contributed by atoms with Gasteiger partial charge in [-0.3, -0.25) is 4.79 Å². The Bertz CT molecular complexity index is 588. The molecule has 24 heavy (non-hydrogen) atoms. The molecule has 4 heteroatoms. The lowest BCUT2D eigenvalue weighted by atomic mass is 9.69. The SMILES string of the molecule is CC(C)(C)[Si](C)(C)OC1CCCC2=CC(=O)[C@@H]3O[C@H]2[C@@]12CCC[C@@H]32. The number of hydrogen-bond donors (Lipinski definition) is 0. The highest BCUT2D eigenvalue weighted by atomic mass is 28.4. The second kappa shape index (κ2) is 5.27. The van der Waals surface area contributed by atoms with Crippen molar-refractivity contribution in [3.63, 3.8) is 0 Å². The molecule has 0 aromatic carbocycles. The van der Waals surface area contributed by atoms with Crippen LogP contribution in [-0.2, 0) is 14.0 Å². The van der Waals surface area contributed by atoms with E-state index in [-0.39, 0.29) is 34.5 Å². The Morgan fingerprint density at radius 1 is 1.25 bits per heavy atom. The Morgan fingerprint density at radius 3 is 2.71 bits per heavy atom. The summed E-state index contributed by atoms with van der Waals surface area (Å²) in [6.07, 6.45) is 8.93. The first-order valence-electron chi connectivity index (χ1n) is 9.74. The van der Waals surface area contributed by atoms with Gasteiger partial charge in [-0.05, 0) is 61.9 Å². The molecule has 1 saturated heterocycles. The summed E-state index contributed by atoms with van der Waals surface area (Å²) in [7, 11) is -1.84. The quantitative estimate of drug-likeness (QED) is 0.683. The molecule has 2 heterocycles. The highest BCUT2D eigenvalue weighted by Gasteiger charge is 2.66. The molecule has 0 amide bonds. The predicted molar refractivity (Wildman–Crippen MR) is 97.4 cm³/mol. The van der Waals surface area contributed by atoms with Crippen LogP contribution in [0.1, 0.15) is 59.3 Å².